The molecule has 7 nitrogen and oxygen atoms in total. The molecule has 7 heteroatoms. The Morgan fingerprint density at radius 1 is 0.853 bits per heavy atom. The number of ether oxygens (including phenoxy) is 4. The number of aryl methyl sites for hydroxylation is 1. The van der Waals surface area contributed by atoms with E-state index in [2.05, 4.69) is 0 Å². The van der Waals surface area contributed by atoms with Gasteiger partial charge in [-0.3, -0.25) is 9.59 Å². The Bertz CT molecular complexity index is 1400. The van der Waals surface area contributed by atoms with Crippen LogP contribution in [0.15, 0.2) is 69.9 Å². The molecule has 0 spiro atoms. The fourth-order valence-electron chi connectivity index (χ4n) is 3.58. The SMILES string of the molecule is COc1ccc(C(=O)COc2c(-c3ccc(OC)c(OC)c3)oc3cc(C)ccc3c2=O)cc1. The van der Waals surface area contributed by atoms with Crippen LogP contribution in [0.5, 0.6) is 23.0 Å². The Balaban J connectivity index is 1.78. The van der Waals surface area contributed by atoms with Crippen molar-refractivity contribution in [2.45, 2.75) is 6.92 Å². The number of methoxy groups -OCH3 is 3. The Hall–Kier alpha value is -4.26. The van der Waals surface area contributed by atoms with Gasteiger partial charge in [0.05, 0.1) is 26.7 Å². The largest absolute Gasteiger partial charge is 0.497 e. The molecule has 0 amide bonds. The van der Waals surface area contributed by atoms with Gasteiger partial charge in [-0.2, -0.15) is 0 Å². The van der Waals surface area contributed by atoms with Crippen molar-refractivity contribution in [2.24, 2.45) is 0 Å². The lowest BCUT2D eigenvalue weighted by molar-refractivity contribution is 0.0920. The number of benzene rings is 3. The van der Waals surface area contributed by atoms with Gasteiger partial charge in [-0.05, 0) is 67.1 Å². The van der Waals surface area contributed by atoms with Crippen molar-refractivity contribution in [3.8, 4) is 34.3 Å². The van der Waals surface area contributed by atoms with Crippen molar-refractivity contribution in [3.05, 3.63) is 82.0 Å². The smallest absolute Gasteiger partial charge is 0.235 e. The molecule has 0 aliphatic rings. The van der Waals surface area contributed by atoms with E-state index >= 15 is 0 Å². The summed E-state index contributed by atoms with van der Waals surface area (Å²) in [5, 5.41) is 0.363. The average molecular weight is 460 g/mol. The molecule has 0 aliphatic heterocycles. The second kappa shape index (κ2) is 9.70. The Morgan fingerprint density at radius 3 is 2.26 bits per heavy atom. The summed E-state index contributed by atoms with van der Waals surface area (Å²) in [6.07, 6.45) is 0. The first-order valence-corrected chi connectivity index (χ1v) is 10.5. The topological polar surface area (TPSA) is 84.2 Å². The van der Waals surface area contributed by atoms with Gasteiger partial charge in [-0.15, -0.1) is 0 Å². The molecule has 1 aromatic heterocycles. The van der Waals surface area contributed by atoms with E-state index in [1.165, 1.54) is 14.2 Å². The number of Topliss-reactive ketones (excluding diaryl/α,β-unsaturated/α-hetero) is 1. The first kappa shape index (κ1) is 22.9. The summed E-state index contributed by atoms with van der Waals surface area (Å²) >= 11 is 0. The van der Waals surface area contributed by atoms with Gasteiger partial charge in [0, 0.05) is 11.1 Å². The monoisotopic (exact) mass is 460 g/mol. The second-order valence-corrected chi connectivity index (χ2v) is 7.60. The van der Waals surface area contributed by atoms with Gasteiger partial charge in [-0.1, -0.05) is 6.07 Å². The number of carbonyl (C=O) groups is 1. The van der Waals surface area contributed by atoms with Gasteiger partial charge in [0.2, 0.25) is 11.2 Å². The second-order valence-electron chi connectivity index (χ2n) is 7.60. The van der Waals surface area contributed by atoms with E-state index in [-0.39, 0.29) is 29.3 Å². The van der Waals surface area contributed by atoms with E-state index in [4.69, 9.17) is 23.4 Å². The van der Waals surface area contributed by atoms with E-state index in [1.54, 1.807) is 61.7 Å². The summed E-state index contributed by atoms with van der Waals surface area (Å²) in [5.74, 6) is 1.50. The van der Waals surface area contributed by atoms with Crippen molar-refractivity contribution in [1.29, 1.82) is 0 Å². The molecular formula is C27H24O7. The van der Waals surface area contributed by atoms with Crippen LogP contribution in [-0.2, 0) is 0 Å². The van der Waals surface area contributed by atoms with Gasteiger partial charge < -0.3 is 23.4 Å². The van der Waals surface area contributed by atoms with Crippen LogP contribution >= 0.6 is 0 Å². The van der Waals surface area contributed by atoms with E-state index in [1.807, 2.05) is 13.0 Å². The molecule has 0 radical (unpaired) electrons. The minimum Gasteiger partial charge on any atom is -0.497 e. The number of rotatable bonds is 8. The molecule has 3 aromatic carbocycles. The first-order valence-electron chi connectivity index (χ1n) is 10.5. The quantitative estimate of drug-likeness (QED) is 0.340. The van der Waals surface area contributed by atoms with Crippen LogP contribution in [0.3, 0.4) is 0 Å². The molecule has 0 saturated carbocycles. The van der Waals surface area contributed by atoms with Crippen molar-refractivity contribution in [1.82, 2.24) is 0 Å². The summed E-state index contributed by atoms with van der Waals surface area (Å²) in [6.45, 7) is 1.57. The zero-order valence-corrected chi connectivity index (χ0v) is 19.3. The van der Waals surface area contributed by atoms with Crippen LogP contribution in [0.4, 0.5) is 0 Å². The zero-order valence-electron chi connectivity index (χ0n) is 19.3. The number of carbonyl (C=O) groups excluding carboxylic acids is 1. The third kappa shape index (κ3) is 4.45. The average Bonchev–Trinajstić information content (AvgIpc) is 2.87. The van der Waals surface area contributed by atoms with Gasteiger partial charge in [0.25, 0.3) is 0 Å². The number of hydrogen-bond donors (Lipinski definition) is 0. The highest BCUT2D eigenvalue weighted by molar-refractivity contribution is 5.97. The summed E-state index contributed by atoms with van der Waals surface area (Å²) < 4.78 is 27.8. The van der Waals surface area contributed by atoms with Crippen LogP contribution in [-0.4, -0.2) is 33.7 Å². The van der Waals surface area contributed by atoms with Gasteiger partial charge in [0.15, 0.2) is 29.6 Å². The van der Waals surface area contributed by atoms with Crippen LogP contribution in [0.1, 0.15) is 15.9 Å². The Kier molecular flexibility index (Phi) is 6.54. The van der Waals surface area contributed by atoms with E-state index in [0.717, 1.165) is 5.56 Å². The fraction of sp³-hybridized carbons (Fsp3) is 0.185. The molecule has 0 fully saturated rings. The van der Waals surface area contributed by atoms with Crippen molar-refractivity contribution >= 4 is 16.8 Å². The van der Waals surface area contributed by atoms with Crippen molar-refractivity contribution < 1.29 is 28.2 Å². The highest BCUT2D eigenvalue weighted by atomic mass is 16.5. The van der Waals surface area contributed by atoms with E-state index in [0.29, 0.717) is 39.3 Å². The summed E-state index contributed by atoms with van der Waals surface area (Å²) in [5.41, 5.74) is 1.98. The first-order chi connectivity index (χ1) is 16.4. The lowest BCUT2D eigenvalue weighted by Crippen LogP contribution is -2.17. The molecule has 4 aromatic rings. The maximum atomic E-state index is 13.4. The maximum Gasteiger partial charge on any atom is 0.235 e. The molecule has 0 bridgehead atoms. The van der Waals surface area contributed by atoms with Crippen LogP contribution < -0.4 is 24.4 Å². The molecule has 34 heavy (non-hydrogen) atoms. The predicted molar refractivity (Wildman–Crippen MR) is 129 cm³/mol. The molecule has 174 valence electrons. The predicted octanol–water partition coefficient (Wildman–Crippen LogP) is 5.06. The van der Waals surface area contributed by atoms with Crippen LogP contribution in [0.2, 0.25) is 0 Å². The summed E-state index contributed by atoms with van der Waals surface area (Å²) in [4.78, 5) is 26.1. The lowest BCUT2D eigenvalue weighted by Gasteiger charge is -2.14. The Labute approximate surface area is 196 Å². The van der Waals surface area contributed by atoms with E-state index in [9.17, 15) is 9.59 Å². The third-order valence-electron chi connectivity index (χ3n) is 5.41. The number of hydrogen-bond acceptors (Lipinski definition) is 7. The molecule has 0 saturated heterocycles. The summed E-state index contributed by atoms with van der Waals surface area (Å²) in [6, 6.07) is 17.1. The molecular weight excluding hydrogens is 436 g/mol. The molecule has 0 unspecified atom stereocenters. The van der Waals surface area contributed by atoms with Crippen molar-refractivity contribution in [2.75, 3.05) is 27.9 Å². The van der Waals surface area contributed by atoms with E-state index < -0.39 is 0 Å². The zero-order chi connectivity index (χ0) is 24.2. The third-order valence-corrected chi connectivity index (χ3v) is 5.41. The van der Waals surface area contributed by atoms with Gasteiger partial charge in [-0.25, -0.2) is 0 Å². The lowest BCUT2D eigenvalue weighted by atomic mass is 10.1. The minimum absolute atomic E-state index is 0.0505. The van der Waals surface area contributed by atoms with Gasteiger partial charge >= 0.3 is 0 Å². The molecule has 0 aliphatic carbocycles. The maximum absolute atomic E-state index is 13.4. The van der Waals surface area contributed by atoms with Crippen molar-refractivity contribution in [3.63, 3.8) is 0 Å². The highest BCUT2D eigenvalue weighted by Gasteiger charge is 2.21. The molecule has 4 rings (SSSR count). The normalized spacial score (nSPS) is 10.7. The molecule has 1 heterocycles. The number of ketones is 1. The summed E-state index contributed by atoms with van der Waals surface area (Å²) in [7, 11) is 4.61. The molecule has 0 N–H and O–H groups in total. The van der Waals surface area contributed by atoms with Crippen LogP contribution in [0.25, 0.3) is 22.3 Å². The Morgan fingerprint density at radius 2 is 1.59 bits per heavy atom. The standard InChI is InChI=1S/C27H24O7/c1-16-5-11-20-23(13-16)34-26(18-8-12-22(31-3)24(14-18)32-4)27(25(20)29)33-15-21(28)17-6-9-19(30-2)10-7-17/h5-14H,15H2,1-4H3. The fourth-order valence-corrected chi connectivity index (χ4v) is 3.58. The number of fused-ring (bicyclic) bond motifs is 1. The van der Waals surface area contributed by atoms with Crippen LogP contribution in [0, 0.1) is 6.92 Å². The molecule has 0 atom stereocenters. The minimum atomic E-state index is -0.367. The highest BCUT2D eigenvalue weighted by Crippen LogP contribution is 2.37. The van der Waals surface area contributed by atoms with Gasteiger partial charge in [0.1, 0.15) is 11.3 Å².